The van der Waals surface area contributed by atoms with Gasteiger partial charge in [0.25, 0.3) is 0 Å². The van der Waals surface area contributed by atoms with Crippen LogP contribution in [0, 0.1) is 0 Å². The third kappa shape index (κ3) is 8.87. The molecule has 0 spiro atoms. The molecule has 5 nitrogen and oxygen atoms in total. The number of quaternary nitrogens is 1. The van der Waals surface area contributed by atoms with E-state index in [4.69, 9.17) is 16.0 Å². The minimum absolute atomic E-state index is 0.0170. The molecule has 0 aromatic rings. The Bertz CT molecular complexity index is 347. The maximum absolute atomic E-state index is 11.7. The first kappa shape index (κ1) is 18.9. The Labute approximate surface area is 127 Å². The summed E-state index contributed by atoms with van der Waals surface area (Å²) in [6.45, 7) is 4.66. The second kappa shape index (κ2) is 7.58. The van der Waals surface area contributed by atoms with Crippen LogP contribution in [0.4, 0.5) is 0 Å². The summed E-state index contributed by atoms with van der Waals surface area (Å²) in [6, 6.07) is 0. The summed E-state index contributed by atoms with van der Waals surface area (Å²) in [5.41, 5.74) is -0.414. The van der Waals surface area contributed by atoms with Crippen molar-refractivity contribution >= 4 is 21.9 Å². The molecule has 0 aliphatic rings. The monoisotopic (exact) mass is 414 g/mol. The number of nitrogens with one attached hydrogen (secondary N) is 1. The Balaban J connectivity index is 4.11. The maximum atomic E-state index is 11.7. The SMILES string of the molecule is C[I-][N+](C)(C)CCOS(=O)(=O)CCC(C)(C)NCl. The van der Waals surface area contributed by atoms with Crippen LogP contribution in [0.15, 0.2) is 0 Å². The topological polar surface area (TPSA) is 55.4 Å². The van der Waals surface area contributed by atoms with E-state index in [0.29, 0.717) is 6.42 Å². The molecule has 0 amide bonds. The van der Waals surface area contributed by atoms with Gasteiger partial charge in [0.1, 0.15) is 0 Å². The van der Waals surface area contributed by atoms with Gasteiger partial charge >= 0.3 is 127 Å². The fourth-order valence-corrected chi connectivity index (χ4v) is 2.93. The first-order valence-electron chi connectivity index (χ1n) is 5.63. The molecule has 112 valence electrons. The summed E-state index contributed by atoms with van der Waals surface area (Å²) in [6.07, 6.45) is 0.414. The fraction of sp³-hybridized carbons (Fsp3) is 1.00. The number of likely N-dealkylation sites (N-methyl/N-ethyl adjacent to an activating group) is 1. The molecule has 0 aliphatic heterocycles. The molecular formula is C10H24ClIN2O3S. The van der Waals surface area contributed by atoms with E-state index in [1.54, 1.807) is 0 Å². The van der Waals surface area contributed by atoms with Crippen LogP contribution in [-0.2, 0) is 14.3 Å². The third-order valence-electron chi connectivity index (χ3n) is 2.58. The first-order valence-corrected chi connectivity index (χ1v) is 10.7. The van der Waals surface area contributed by atoms with Gasteiger partial charge in [-0.05, 0) is 0 Å². The third-order valence-corrected chi connectivity index (χ3v) is 7.41. The van der Waals surface area contributed by atoms with E-state index in [2.05, 4.69) is 23.9 Å². The van der Waals surface area contributed by atoms with Gasteiger partial charge in [0.15, 0.2) is 0 Å². The molecule has 0 unspecified atom stereocenters. The Morgan fingerprint density at radius 2 is 1.94 bits per heavy atom. The minimum atomic E-state index is -3.45. The normalized spacial score (nSPS) is 14.1. The van der Waals surface area contributed by atoms with Gasteiger partial charge in [-0.25, -0.2) is 0 Å². The molecule has 0 saturated carbocycles. The van der Waals surface area contributed by atoms with Crippen molar-refractivity contribution in [1.82, 2.24) is 4.84 Å². The second-order valence-electron chi connectivity index (χ2n) is 5.24. The van der Waals surface area contributed by atoms with Crippen molar-refractivity contribution in [2.24, 2.45) is 0 Å². The fourth-order valence-electron chi connectivity index (χ4n) is 0.952. The second-order valence-corrected chi connectivity index (χ2v) is 10.8. The molecule has 0 rings (SSSR count). The zero-order valence-electron chi connectivity index (χ0n) is 11.7. The van der Waals surface area contributed by atoms with E-state index in [0.717, 1.165) is 9.24 Å². The van der Waals surface area contributed by atoms with Crippen LogP contribution in [0.1, 0.15) is 20.3 Å². The van der Waals surface area contributed by atoms with E-state index in [9.17, 15) is 8.42 Å². The van der Waals surface area contributed by atoms with Crippen LogP contribution < -0.4 is 26.3 Å². The summed E-state index contributed by atoms with van der Waals surface area (Å²) in [5, 5.41) is 0. The van der Waals surface area contributed by atoms with E-state index >= 15 is 0 Å². The molecule has 0 heterocycles. The molecule has 0 aromatic carbocycles. The van der Waals surface area contributed by atoms with Crippen molar-refractivity contribution in [3.8, 4) is 0 Å². The van der Waals surface area contributed by atoms with E-state index in [1.807, 2.05) is 13.8 Å². The standard InChI is InChI=1S/C10H24ClIN2O3S/c1-10(2,13-11)6-9-18(15,16)17-8-7-14(4,5)12-3/h13H,6-9H2,1-5H3. The quantitative estimate of drug-likeness (QED) is 0.204. The number of alkyl halides is 1. The number of hydrogen-bond acceptors (Lipinski definition) is 4. The van der Waals surface area contributed by atoms with Crippen LogP contribution >= 0.6 is 11.8 Å². The van der Waals surface area contributed by atoms with Crippen molar-refractivity contribution < 1.29 is 36.8 Å². The van der Waals surface area contributed by atoms with Crippen LogP contribution in [0.3, 0.4) is 0 Å². The molecule has 0 aliphatic carbocycles. The Morgan fingerprint density at radius 1 is 1.39 bits per heavy atom. The molecule has 0 saturated heterocycles. The average molecular weight is 415 g/mol. The summed E-state index contributed by atoms with van der Waals surface area (Å²) in [4.78, 5) is 4.73. The van der Waals surface area contributed by atoms with Gasteiger partial charge in [-0.1, -0.05) is 0 Å². The summed E-state index contributed by atoms with van der Waals surface area (Å²) in [7, 11) is 0.722. The molecule has 0 atom stereocenters. The van der Waals surface area contributed by atoms with E-state index in [-0.39, 0.29) is 33.8 Å². The Morgan fingerprint density at radius 3 is 2.39 bits per heavy atom. The predicted molar refractivity (Wildman–Crippen MR) is 70.3 cm³/mol. The van der Waals surface area contributed by atoms with Crippen molar-refractivity contribution in [2.45, 2.75) is 25.8 Å². The van der Waals surface area contributed by atoms with Gasteiger partial charge in [-0.15, -0.1) is 0 Å². The molecule has 1 N–H and O–H groups in total. The summed E-state index contributed by atoms with van der Waals surface area (Å²) in [5.74, 6) is -0.0195. The zero-order valence-corrected chi connectivity index (χ0v) is 15.4. The van der Waals surface area contributed by atoms with Crippen molar-refractivity contribution in [3.05, 3.63) is 0 Å². The van der Waals surface area contributed by atoms with Crippen molar-refractivity contribution in [2.75, 3.05) is 37.9 Å². The van der Waals surface area contributed by atoms with E-state index in [1.165, 1.54) is 0 Å². The van der Waals surface area contributed by atoms with Gasteiger partial charge in [0.2, 0.25) is 0 Å². The molecule has 0 radical (unpaired) electrons. The summed E-state index contributed by atoms with van der Waals surface area (Å²) < 4.78 is 29.2. The molecule has 18 heavy (non-hydrogen) atoms. The molecule has 0 fully saturated rings. The van der Waals surface area contributed by atoms with Crippen molar-refractivity contribution in [3.63, 3.8) is 0 Å². The van der Waals surface area contributed by atoms with Crippen LogP contribution in [-0.4, -0.2) is 54.6 Å². The van der Waals surface area contributed by atoms with Gasteiger partial charge in [-0.3, -0.25) is 0 Å². The molecule has 0 aromatic heterocycles. The zero-order chi connectivity index (χ0) is 14.4. The van der Waals surface area contributed by atoms with Gasteiger partial charge < -0.3 is 0 Å². The number of hydrogen-bond donors (Lipinski definition) is 1. The van der Waals surface area contributed by atoms with Crippen LogP contribution in [0.2, 0.25) is 0 Å². The number of halogens is 2. The first-order chi connectivity index (χ1) is 8.04. The average Bonchev–Trinajstić information content (AvgIpc) is 2.26. The number of rotatable bonds is 9. The van der Waals surface area contributed by atoms with Gasteiger partial charge in [0, 0.05) is 0 Å². The van der Waals surface area contributed by atoms with Crippen molar-refractivity contribution in [1.29, 1.82) is 0 Å². The molecule has 0 bridgehead atoms. The number of nitrogens with zero attached hydrogens (tertiary/aromatic N) is 1. The molecule has 8 heteroatoms. The Kier molecular flexibility index (Phi) is 7.94. The molecular weight excluding hydrogens is 391 g/mol. The van der Waals surface area contributed by atoms with Crippen LogP contribution in [0.5, 0.6) is 0 Å². The van der Waals surface area contributed by atoms with Gasteiger partial charge in [-0.2, -0.15) is 0 Å². The van der Waals surface area contributed by atoms with Crippen LogP contribution in [0.25, 0.3) is 0 Å². The Hall–Kier alpha value is 0.850. The summed E-state index contributed by atoms with van der Waals surface area (Å²) >= 11 is 5.54. The van der Waals surface area contributed by atoms with E-state index < -0.39 is 15.7 Å². The van der Waals surface area contributed by atoms with Gasteiger partial charge in [0.05, 0.1) is 0 Å². The predicted octanol–water partition coefficient (Wildman–Crippen LogP) is -2.04.